The Hall–Kier alpha value is -0.810. The molecule has 1 aliphatic rings. The van der Waals surface area contributed by atoms with Crippen molar-refractivity contribution >= 4 is 24.3 Å². The van der Waals surface area contributed by atoms with Gasteiger partial charge in [0.2, 0.25) is 5.91 Å². The van der Waals surface area contributed by atoms with E-state index in [1.54, 1.807) is 0 Å². The smallest absolute Gasteiger partial charge is 0.328 e. The minimum atomic E-state index is -0.416. The summed E-state index contributed by atoms with van der Waals surface area (Å²) in [5, 5.41) is 0. The molecule has 1 amide bonds. The van der Waals surface area contributed by atoms with Crippen LogP contribution < -0.4 is 5.73 Å². The van der Waals surface area contributed by atoms with E-state index in [1.807, 2.05) is 0 Å². The summed E-state index contributed by atoms with van der Waals surface area (Å²) in [7, 11) is 1.33. The number of amides is 1. The van der Waals surface area contributed by atoms with Crippen molar-refractivity contribution in [1.82, 2.24) is 4.90 Å². The summed E-state index contributed by atoms with van der Waals surface area (Å²) in [6, 6.07) is -0.416. The predicted molar refractivity (Wildman–Crippen MR) is 53.1 cm³/mol. The molecule has 2 N–H and O–H groups in total. The zero-order valence-electron chi connectivity index (χ0n) is 8.06. The van der Waals surface area contributed by atoms with Crippen LogP contribution in [-0.2, 0) is 14.3 Å². The van der Waals surface area contributed by atoms with E-state index in [-0.39, 0.29) is 30.8 Å². The summed E-state index contributed by atoms with van der Waals surface area (Å²) in [6.07, 6.45) is 1.52. The summed E-state index contributed by atoms with van der Waals surface area (Å²) in [4.78, 5) is 23.9. The lowest BCUT2D eigenvalue weighted by Gasteiger charge is -2.21. The first kappa shape index (κ1) is 13.2. The van der Waals surface area contributed by atoms with Gasteiger partial charge >= 0.3 is 5.97 Å². The van der Waals surface area contributed by atoms with Crippen molar-refractivity contribution in [3.8, 4) is 0 Å². The molecule has 1 atom stereocenters. The summed E-state index contributed by atoms with van der Waals surface area (Å²) < 4.78 is 4.59. The number of carbonyl (C=O) groups excluding carboxylic acids is 2. The first-order valence-electron chi connectivity index (χ1n) is 4.28. The lowest BCUT2D eigenvalue weighted by atomic mass is 10.2. The van der Waals surface area contributed by atoms with Crippen LogP contribution in [0, 0.1) is 0 Å². The molecular formula is C8H15ClN2O3. The number of likely N-dealkylation sites (tertiary alicyclic amines) is 1. The number of halogens is 1. The molecule has 0 bridgehead atoms. The van der Waals surface area contributed by atoms with Crippen molar-refractivity contribution in [2.75, 3.05) is 20.2 Å². The maximum atomic E-state index is 11.2. The molecule has 1 aliphatic heterocycles. The van der Waals surface area contributed by atoms with E-state index in [0.29, 0.717) is 13.0 Å². The zero-order valence-corrected chi connectivity index (χ0v) is 8.88. The lowest BCUT2D eigenvalue weighted by Crippen LogP contribution is -2.43. The van der Waals surface area contributed by atoms with Gasteiger partial charge in [0.1, 0.15) is 6.04 Å². The topological polar surface area (TPSA) is 72.6 Å². The maximum absolute atomic E-state index is 11.2. The van der Waals surface area contributed by atoms with Crippen molar-refractivity contribution in [2.45, 2.75) is 18.9 Å². The standard InChI is InChI=1S/C8H14N2O3.ClH/c1-13-8(12)6-3-2-4-10(6)7(11)5-9;/h6H,2-5,9H2,1H3;1H/t6-;/m1./s1. The second-order valence-corrected chi connectivity index (χ2v) is 2.97. The SMILES string of the molecule is COC(=O)[C@H]1CCCN1C(=O)CN.Cl. The minimum absolute atomic E-state index is 0. The molecule has 0 unspecified atom stereocenters. The molecule has 0 spiro atoms. The Morgan fingerprint density at radius 2 is 2.21 bits per heavy atom. The molecule has 0 radical (unpaired) electrons. The molecular weight excluding hydrogens is 208 g/mol. The second kappa shape index (κ2) is 5.82. The number of nitrogens with zero attached hydrogens (tertiary/aromatic N) is 1. The highest BCUT2D eigenvalue weighted by Crippen LogP contribution is 2.17. The minimum Gasteiger partial charge on any atom is -0.467 e. The highest BCUT2D eigenvalue weighted by Gasteiger charge is 2.33. The van der Waals surface area contributed by atoms with Crippen LogP contribution in [0.25, 0.3) is 0 Å². The Bertz CT molecular complexity index is 201. The van der Waals surface area contributed by atoms with E-state index < -0.39 is 6.04 Å². The number of nitrogens with two attached hydrogens (primary N) is 1. The number of hydrogen-bond donors (Lipinski definition) is 1. The number of hydrogen-bond acceptors (Lipinski definition) is 4. The van der Waals surface area contributed by atoms with Crippen LogP contribution in [0.3, 0.4) is 0 Å². The normalized spacial score (nSPS) is 20.1. The molecule has 1 rings (SSSR count). The lowest BCUT2D eigenvalue weighted by molar-refractivity contribution is -0.150. The third-order valence-corrected chi connectivity index (χ3v) is 2.22. The van der Waals surface area contributed by atoms with Gasteiger partial charge in [-0.3, -0.25) is 4.79 Å². The number of rotatable bonds is 2. The van der Waals surface area contributed by atoms with Gasteiger partial charge in [0.25, 0.3) is 0 Å². The quantitative estimate of drug-likeness (QED) is 0.642. The fourth-order valence-electron chi connectivity index (χ4n) is 1.56. The molecule has 1 saturated heterocycles. The van der Waals surface area contributed by atoms with Crippen molar-refractivity contribution in [2.24, 2.45) is 5.73 Å². The van der Waals surface area contributed by atoms with Crippen LogP contribution >= 0.6 is 12.4 Å². The van der Waals surface area contributed by atoms with Crippen molar-refractivity contribution in [3.05, 3.63) is 0 Å². The molecule has 0 aromatic rings. The van der Waals surface area contributed by atoms with E-state index in [1.165, 1.54) is 12.0 Å². The Morgan fingerprint density at radius 3 is 2.71 bits per heavy atom. The molecule has 0 aromatic carbocycles. The van der Waals surface area contributed by atoms with Crippen molar-refractivity contribution in [3.63, 3.8) is 0 Å². The Morgan fingerprint density at radius 1 is 1.57 bits per heavy atom. The molecule has 0 aliphatic carbocycles. The van der Waals surface area contributed by atoms with Crippen molar-refractivity contribution in [1.29, 1.82) is 0 Å². The summed E-state index contributed by atoms with van der Waals surface area (Å²) in [5.74, 6) is -0.535. The van der Waals surface area contributed by atoms with Crippen LogP contribution in [0.2, 0.25) is 0 Å². The summed E-state index contributed by atoms with van der Waals surface area (Å²) in [5.41, 5.74) is 5.21. The molecule has 82 valence electrons. The van der Waals surface area contributed by atoms with Crippen LogP contribution in [0.15, 0.2) is 0 Å². The van der Waals surface area contributed by atoms with Gasteiger partial charge in [-0.1, -0.05) is 0 Å². The van der Waals surface area contributed by atoms with Crippen molar-refractivity contribution < 1.29 is 14.3 Å². The molecule has 14 heavy (non-hydrogen) atoms. The number of esters is 1. The average Bonchev–Trinajstić information content (AvgIpc) is 2.63. The fourth-order valence-corrected chi connectivity index (χ4v) is 1.56. The predicted octanol–water partition coefficient (Wildman–Crippen LogP) is -0.469. The first-order valence-corrected chi connectivity index (χ1v) is 4.28. The van der Waals surface area contributed by atoms with Crippen LogP contribution in [0.5, 0.6) is 0 Å². The van der Waals surface area contributed by atoms with E-state index in [9.17, 15) is 9.59 Å². The third kappa shape index (κ3) is 2.59. The Kier molecular flexibility index (Phi) is 5.49. The van der Waals surface area contributed by atoms with Crippen LogP contribution in [0.4, 0.5) is 0 Å². The van der Waals surface area contributed by atoms with E-state index in [2.05, 4.69) is 4.74 Å². The largest absolute Gasteiger partial charge is 0.467 e. The highest BCUT2D eigenvalue weighted by molar-refractivity contribution is 5.86. The summed E-state index contributed by atoms with van der Waals surface area (Å²) >= 11 is 0. The van der Waals surface area contributed by atoms with E-state index in [0.717, 1.165) is 6.42 Å². The van der Waals surface area contributed by atoms with Gasteiger partial charge in [0.05, 0.1) is 13.7 Å². The zero-order chi connectivity index (χ0) is 9.84. The van der Waals surface area contributed by atoms with Gasteiger partial charge < -0.3 is 15.4 Å². The Labute approximate surface area is 89.0 Å². The fraction of sp³-hybridized carbons (Fsp3) is 0.750. The van der Waals surface area contributed by atoms with Gasteiger partial charge in [0.15, 0.2) is 0 Å². The molecule has 6 heteroatoms. The molecule has 0 aromatic heterocycles. The van der Waals surface area contributed by atoms with Crippen LogP contribution in [0.1, 0.15) is 12.8 Å². The van der Waals surface area contributed by atoms with Gasteiger partial charge in [0, 0.05) is 6.54 Å². The molecule has 0 saturated carbocycles. The first-order chi connectivity index (χ1) is 6.20. The number of ether oxygens (including phenoxy) is 1. The molecule has 1 fully saturated rings. The van der Waals surface area contributed by atoms with E-state index >= 15 is 0 Å². The van der Waals surface area contributed by atoms with Gasteiger partial charge in [-0.15, -0.1) is 12.4 Å². The van der Waals surface area contributed by atoms with Gasteiger partial charge in [-0.25, -0.2) is 4.79 Å². The molecule has 5 nitrogen and oxygen atoms in total. The number of carbonyl (C=O) groups is 2. The molecule has 1 heterocycles. The van der Waals surface area contributed by atoms with Crippen LogP contribution in [-0.4, -0.2) is 43.0 Å². The summed E-state index contributed by atoms with van der Waals surface area (Å²) in [6.45, 7) is 0.559. The maximum Gasteiger partial charge on any atom is 0.328 e. The van der Waals surface area contributed by atoms with E-state index in [4.69, 9.17) is 5.73 Å². The average molecular weight is 223 g/mol. The monoisotopic (exact) mass is 222 g/mol. The third-order valence-electron chi connectivity index (χ3n) is 2.22. The van der Waals surface area contributed by atoms with Gasteiger partial charge in [-0.05, 0) is 12.8 Å². The van der Waals surface area contributed by atoms with Gasteiger partial charge in [-0.2, -0.15) is 0 Å². The number of methoxy groups -OCH3 is 1. The second-order valence-electron chi connectivity index (χ2n) is 2.97. The Balaban J connectivity index is 0.00000169. The highest BCUT2D eigenvalue weighted by atomic mass is 35.5.